The fourth-order valence-corrected chi connectivity index (χ4v) is 9.72. The van der Waals surface area contributed by atoms with Gasteiger partial charge in [0, 0.05) is 25.3 Å². The summed E-state index contributed by atoms with van der Waals surface area (Å²) in [6.07, 6.45) is -3.86. The highest BCUT2D eigenvalue weighted by Gasteiger charge is 2.44. The smallest absolute Gasteiger partial charge is 0.407 e. The van der Waals surface area contributed by atoms with Gasteiger partial charge in [0.15, 0.2) is 12.4 Å². The van der Waals surface area contributed by atoms with Crippen LogP contribution in [0.5, 0.6) is 11.5 Å². The van der Waals surface area contributed by atoms with E-state index in [1.807, 2.05) is 13.8 Å². The average Bonchev–Trinajstić information content (AvgIpc) is 3.80. The number of para-hydroxylation sites is 1. The number of ether oxygens (including phenoxy) is 4. The largest absolute Gasteiger partial charge is 0.497 e. The van der Waals surface area contributed by atoms with Crippen molar-refractivity contribution in [3.05, 3.63) is 84.4 Å². The van der Waals surface area contributed by atoms with Crippen LogP contribution in [0.3, 0.4) is 0 Å². The van der Waals surface area contributed by atoms with Crippen molar-refractivity contribution in [3.8, 4) is 11.5 Å². The van der Waals surface area contributed by atoms with E-state index < -0.39 is 60.3 Å². The van der Waals surface area contributed by atoms with Crippen molar-refractivity contribution in [2.75, 3.05) is 51.4 Å². The van der Waals surface area contributed by atoms with Crippen LogP contribution >= 0.6 is 7.60 Å². The van der Waals surface area contributed by atoms with E-state index in [9.17, 15) is 32.8 Å². The van der Waals surface area contributed by atoms with Crippen molar-refractivity contribution >= 4 is 35.4 Å². The van der Waals surface area contributed by atoms with Crippen LogP contribution in [0.1, 0.15) is 32.8 Å². The van der Waals surface area contributed by atoms with Crippen molar-refractivity contribution in [3.63, 3.8) is 0 Å². The highest BCUT2D eigenvalue weighted by Crippen LogP contribution is 2.49. The number of hydrogen-bond donors (Lipinski definition) is 4. The maximum atomic E-state index is 13.9. The van der Waals surface area contributed by atoms with Gasteiger partial charge >= 0.3 is 19.7 Å². The number of sulfonamides is 1. The Hall–Kier alpha value is -4.22. The summed E-state index contributed by atoms with van der Waals surface area (Å²) in [4.78, 5) is 24.8. The minimum absolute atomic E-state index is 0.0312. The zero-order chi connectivity index (χ0) is 41.2. The summed E-state index contributed by atoms with van der Waals surface area (Å²) in [6.45, 7) is 5.57. The maximum Gasteiger partial charge on any atom is 0.407 e. The van der Waals surface area contributed by atoms with Gasteiger partial charge in [-0.15, -0.1) is 0 Å². The Balaban J connectivity index is 1.29. The average molecular weight is 834 g/mol. The molecule has 2 aliphatic rings. The lowest BCUT2D eigenvalue weighted by molar-refractivity contribution is -0.144. The summed E-state index contributed by atoms with van der Waals surface area (Å²) in [6, 6.07) is 20.4. The number of carbonyl (C=O) groups is 2. The zero-order valence-electron chi connectivity index (χ0n) is 32.4. The summed E-state index contributed by atoms with van der Waals surface area (Å²) in [7, 11) is -6.49. The molecule has 16 nitrogen and oxygen atoms in total. The van der Waals surface area contributed by atoms with Crippen LogP contribution in [0, 0.1) is 11.8 Å². The van der Waals surface area contributed by atoms with Crippen molar-refractivity contribution in [2.24, 2.45) is 11.8 Å². The van der Waals surface area contributed by atoms with Crippen molar-refractivity contribution < 1.29 is 60.8 Å². The van der Waals surface area contributed by atoms with Crippen LogP contribution < -0.4 is 19.9 Å². The van der Waals surface area contributed by atoms with Gasteiger partial charge < -0.3 is 44.3 Å². The predicted octanol–water partition coefficient (Wildman–Crippen LogP) is 4.98. The molecule has 3 aromatic rings. The highest BCUT2D eigenvalue weighted by molar-refractivity contribution is 7.89. The number of nitrogens with zero attached hydrogens (tertiary/aromatic N) is 1. The number of methoxy groups -OCH3 is 1. The van der Waals surface area contributed by atoms with Gasteiger partial charge in [0.05, 0.1) is 49.4 Å². The SMILES string of the molecule is COc1ccc(S(=O)(=O)N(CC(C)C)C[C@@H](O)[C@H](Cc2ccc(NCCP(=O)(Oc3ccccc3)O[C@@H](C)C(=O)O)cc2)NC(=O)O[C@H]2CO[C@H]3OCC[C@H]32)cc1. The van der Waals surface area contributed by atoms with Gasteiger partial charge in [0.2, 0.25) is 10.0 Å². The van der Waals surface area contributed by atoms with E-state index in [0.29, 0.717) is 30.0 Å². The first-order valence-electron chi connectivity index (χ1n) is 18.8. The monoisotopic (exact) mass is 833 g/mol. The number of aliphatic hydroxyl groups excluding tert-OH is 1. The second-order valence-corrected chi connectivity index (χ2v) is 18.3. The van der Waals surface area contributed by atoms with E-state index in [4.69, 9.17) is 28.0 Å². The van der Waals surface area contributed by atoms with Gasteiger partial charge in [-0.2, -0.15) is 4.31 Å². The van der Waals surface area contributed by atoms with Crippen molar-refractivity contribution in [1.82, 2.24) is 9.62 Å². The highest BCUT2D eigenvalue weighted by atomic mass is 32.2. The Morgan fingerprint density at radius 3 is 2.32 bits per heavy atom. The first kappa shape index (κ1) is 43.9. The van der Waals surface area contributed by atoms with Gasteiger partial charge in [-0.1, -0.05) is 44.2 Å². The number of aliphatic carboxylic acids is 1. The molecule has 57 heavy (non-hydrogen) atoms. The molecule has 0 saturated carbocycles. The minimum Gasteiger partial charge on any atom is -0.497 e. The number of alkyl carbamates (subject to hydrolysis) is 1. The van der Waals surface area contributed by atoms with Gasteiger partial charge in [-0.25, -0.2) is 22.6 Å². The number of carboxylic acids is 1. The van der Waals surface area contributed by atoms with E-state index in [2.05, 4.69) is 10.6 Å². The molecule has 2 saturated heterocycles. The molecule has 1 amide bonds. The molecule has 0 aromatic heterocycles. The number of hydrogen-bond acceptors (Lipinski definition) is 13. The first-order valence-corrected chi connectivity index (χ1v) is 21.9. The molecule has 2 aliphatic heterocycles. The number of carboxylic acid groups (broad SMARTS) is 1. The Morgan fingerprint density at radius 1 is 0.965 bits per heavy atom. The molecule has 7 atom stereocenters. The number of rotatable bonds is 21. The second kappa shape index (κ2) is 20.0. The molecule has 4 N–H and O–H groups in total. The summed E-state index contributed by atoms with van der Waals surface area (Å²) in [5.41, 5.74) is 1.33. The van der Waals surface area contributed by atoms with Crippen LogP contribution in [0.15, 0.2) is 83.8 Å². The van der Waals surface area contributed by atoms with Gasteiger partial charge in [0.25, 0.3) is 0 Å². The third-order valence-corrected chi connectivity index (χ3v) is 13.2. The van der Waals surface area contributed by atoms with E-state index >= 15 is 0 Å². The minimum atomic E-state index is -4.07. The molecule has 312 valence electrons. The zero-order valence-corrected chi connectivity index (χ0v) is 34.1. The molecule has 1 unspecified atom stereocenters. The Bertz CT molecular complexity index is 1920. The number of anilines is 1. The van der Waals surface area contributed by atoms with Gasteiger partial charge in [-0.05, 0) is 79.8 Å². The number of nitrogens with one attached hydrogen (secondary N) is 2. The summed E-state index contributed by atoms with van der Waals surface area (Å²) < 4.78 is 75.7. The molecule has 0 radical (unpaired) electrons. The van der Waals surface area contributed by atoms with Crippen molar-refractivity contribution in [1.29, 1.82) is 0 Å². The first-order chi connectivity index (χ1) is 27.2. The standard InChI is InChI=1S/C39H52N3O13PS/c1-26(2)23-42(57(48,49)32-16-14-30(50-4)15-17-32)24-35(43)34(41-39(46)53-36-25-52-38-33(36)18-20-51-38)22-28-10-12-29(13-11-28)40-19-21-56(47,54-27(3)37(44)45)55-31-8-6-5-7-9-31/h5-17,26-27,33-36,38,40,43H,18-25H2,1-4H3,(H,41,46)(H,44,45)/t27-,33-,34-,35+,36-,38+,56?/m0/s1. The van der Waals surface area contributed by atoms with Crippen LogP contribution in [0.2, 0.25) is 0 Å². The molecule has 18 heteroatoms. The second-order valence-electron chi connectivity index (χ2n) is 14.3. The predicted molar refractivity (Wildman–Crippen MR) is 210 cm³/mol. The summed E-state index contributed by atoms with van der Waals surface area (Å²) in [5.74, 6) is -0.709. The molecule has 0 bridgehead atoms. The third-order valence-electron chi connectivity index (χ3n) is 9.45. The Kier molecular flexibility index (Phi) is 15.4. The Labute approximate surface area is 333 Å². The van der Waals surface area contributed by atoms with E-state index in [0.717, 1.165) is 0 Å². The molecule has 2 fully saturated rings. The van der Waals surface area contributed by atoms with Gasteiger partial charge in [0.1, 0.15) is 17.6 Å². The lowest BCUT2D eigenvalue weighted by Crippen LogP contribution is -2.51. The normalized spacial score (nSPS) is 20.6. The molecular weight excluding hydrogens is 781 g/mol. The molecule has 3 aromatic carbocycles. The fourth-order valence-electron chi connectivity index (χ4n) is 6.46. The summed E-state index contributed by atoms with van der Waals surface area (Å²) >= 11 is 0. The van der Waals surface area contributed by atoms with E-state index in [-0.39, 0.29) is 61.3 Å². The molecule has 0 spiro atoms. The fraction of sp³-hybridized carbons (Fsp3) is 0.487. The summed E-state index contributed by atoms with van der Waals surface area (Å²) in [5, 5.41) is 27.0. The lowest BCUT2D eigenvalue weighted by atomic mass is 10.0. The van der Waals surface area contributed by atoms with E-state index in [1.165, 1.54) is 30.5 Å². The number of aliphatic hydroxyl groups is 1. The Morgan fingerprint density at radius 2 is 1.67 bits per heavy atom. The molecule has 5 rings (SSSR count). The number of benzene rings is 3. The third kappa shape index (κ3) is 12.4. The number of carbonyl (C=O) groups excluding carboxylic acids is 1. The van der Waals surface area contributed by atoms with E-state index in [1.54, 1.807) is 66.7 Å². The molecule has 2 heterocycles. The van der Waals surface area contributed by atoms with Crippen LogP contribution in [-0.4, -0.2) is 112 Å². The molecule has 0 aliphatic carbocycles. The van der Waals surface area contributed by atoms with Crippen LogP contribution in [-0.2, 0) is 44.5 Å². The van der Waals surface area contributed by atoms with Crippen LogP contribution in [0.4, 0.5) is 10.5 Å². The molecular formula is C39H52N3O13PS. The van der Waals surface area contributed by atoms with Crippen molar-refractivity contribution in [2.45, 2.75) is 69.2 Å². The topological polar surface area (TPSA) is 208 Å². The lowest BCUT2D eigenvalue weighted by Gasteiger charge is -2.31. The van der Waals surface area contributed by atoms with Gasteiger partial charge in [-0.3, -0.25) is 4.52 Å². The number of amides is 1. The number of fused-ring (bicyclic) bond motifs is 1. The van der Waals surface area contributed by atoms with Crippen LogP contribution in [0.25, 0.3) is 0 Å². The quantitative estimate of drug-likeness (QED) is 0.105. The maximum absolute atomic E-state index is 13.9.